The highest BCUT2D eigenvalue weighted by molar-refractivity contribution is 5.80. The molecule has 4 unspecified atom stereocenters. The van der Waals surface area contributed by atoms with E-state index in [9.17, 15) is 9.59 Å². The molecule has 3 heterocycles. The highest BCUT2D eigenvalue weighted by Gasteiger charge is 2.35. The van der Waals surface area contributed by atoms with Crippen LogP contribution in [0.2, 0.25) is 0 Å². The summed E-state index contributed by atoms with van der Waals surface area (Å²) in [6.45, 7) is 9.72. The molecular weight excluding hydrogens is 576 g/mol. The van der Waals surface area contributed by atoms with Crippen molar-refractivity contribution >= 4 is 5.97 Å². The SMILES string of the molecule is CCCCc1c(Cc2ccc(-c3ccccc3-c3nn[nH]n3)cc2)c(=O)n2n1CCCC2CC(=O)OC1CC(C)CCC1C(C)C. The number of unbranched alkanes of at least 4 members (excludes halogenated alkanes) is 1. The van der Waals surface area contributed by atoms with Gasteiger partial charge in [0.1, 0.15) is 6.10 Å². The Labute approximate surface area is 271 Å². The van der Waals surface area contributed by atoms with Crippen LogP contribution in [-0.4, -0.2) is 42.1 Å². The molecule has 244 valence electrons. The van der Waals surface area contributed by atoms with Crippen LogP contribution < -0.4 is 5.56 Å². The van der Waals surface area contributed by atoms with Crippen LogP contribution in [0.25, 0.3) is 22.5 Å². The maximum Gasteiger partial charge on any atom is 0.308 e. The van der Waals surface area contributed by atoms with Gasteiger partial charge < -0.3 is 4.74 Å². The average Bonchev–Trinajstić information content (AvgIpc) is 3.68. The second-order valence-electron chi connectivity index (χ2n) is 13.8. The molecule has 1 N–H and O–H groups in total. The Morgan fingerprint density at radius 1 is 1.07 bits per heavy atom. The van der Waals surface area contributed by atoms with Crippen molar-refractivity contribution in [2.24, 2.45) is 17.8 Å². The summed E-state index contributed by atoms with van der Waals surface area (Å²) >= 11 is 0. The molecule has 1 saturated carbocycles. The summed E-state index contributed by atoms with van der Waals surface area (Å²) in [5.41, 5.74) is 6.09. The molecule has 4 atom stereocenters. The van der Waals surface area contributed by atoms with Crippen molar-refractivity contribution in [3.05, 3.63) is 75.7 Å². The number of hydrogen-bond acceptors (Lipinski definition) is 6. The van der Waals surface area contributed by atoms with Crippen molar-refractivity contribution in [2.75, 3.05) is 0 Å². The minimum absolute atomic E-state index is 0.0267. The summed E-state index contributed by atoms with van der Waals surface area (Å²) in [6, 6.07) is 16.3. The van der Waals surface area contributed by atoms with E-state index in [0.717, 1.165) is 85.0 Å². The van der Waals surface area contributed by atoms with Gasteiger partial charge in [0.05, 0.1) is 12.5 Å². The Morgan fingerprint density at radius 3 is 2.57 bits per heavy atom. The number of aromatic nitrogens is 6. The standard InChI is InChI=1S/C37H48N6O3/c1-5-6-13-33-32(22-26-15-17-27(18-16-26)30-11-7-8-12-31(30)36-38-40-41-39-36)37(45)43-28(10-9-20-42(33)43)23-35(44)46-34-21-25(4)14-19-29(34)24(2)3/h7-8,11-12,15-18,24-25,28-29,34H,5-6,9-10,13-14,19-23H2,1-4H3,(H,38,39,40,41). The summed E-state index contributed by atoms with van der Waals surface area (Å²) in [6.07, 6.45) is 8.72. The van der Waals surface area contributed by atoms with Crippen LogP contribution in [0.15, 0.2) is 53.3 Å². The number of ether oxygens (including phenoxy) is 1. The second kappa shape index (κ2) is 14.2. The van der Waals surface area contributed by atoms with Gasteiger partial charge in [0.2, 0.25) is 5.82 Å². The van der Waals surface area contributed by atoms with Gasteiger partial charge in [-0.3, -0.25) is 14.3 Å². The minimum atomic E-state index is -0.176. The Bertz CT molecular complexity index is 1670. The molecule has 6 rings (SSSR count). The first-order valence-corrected chi connectivity index (χ1v) is 17.3. The van der Waals surface area contributed by atoms with E-state index < -0.39 is 0 Å². The number of H-pyrrole nitrogens is 1. The lowest BCUT2D eigenvalue weighted by Gasteiger charge is -2.37. The molecule has 0 saturated heterocycles. The van der Waals surface area contributed by atoms with E-state index in [0.29, 0.717) is 30.0 Å². The highest BCUT2D eigenvalue weighted by atomic mass is 16.5. The number of fused-ring (bicyclic) bond motifs is 1. The Hall–Kier alpha value is -4.01. The molecule has 9 heteroatoms. The summed E-state index contributed by atoms with van der Waals surface area (Å²) in [5, 5.41) is 14.6. The lowest BCUT2D eigenvalue weighted by molar-refractivity contribution is -0.157. The Morgan fingerprint density at radius 2 is 1.85 bits per heavy atom. The topological polar surface area (TPSA) is 108 Å². The summed E-state index contributed by atoms with van der Waals surface area (Å²) in [4.78, 5) is 27.6. The summed E-state index contributed by atoms with van der Waals surface area (Å²) in [7, 11) is 0. The normalized spacial score (nSPS) is 21.3. The molecule has 0 spiro atoms. The maximum atomic E-state index is 14.2. The molecule has 2 aromatic carbocycles. The van der Waals surface area contributed by atoms with E-state index in [4.69, 9.17) is 4.74 Å². The molecule has 1 aliphatic carbocycles. The quantitative estimate of drug-likeness (QED) is 0.178. The van der Waals surface area contributed by atoms with Crippen LogP contribution in [0.4, 0.5) is 0 Å². The van der Waals surface area contributed by atoms with Crippen LogP contribution in [0.1, 0.15) is 102 Å². The van der Waals surface area contributed by atoms with Crippen LogP contribution >= 0.6 is 0 Å². The first kappa shape index (κ1) is 32.0. The van der Waals surface area contributed by atoms with Gasteiger partial charge >= 0.3 is 5.97 Å². The predicted octanol–water partition coefficient (Wildman–Crippen LogP) is 7.16. The highest BCUT2D eigenvalue weighted by Crippen LogP contribution is 2.36. The van der Waals surface area contributed by atoms with E-state index in [2.05, 4.69) is 83.3 Å². The van der Waals surface area contributed by atoms with Gasteiger partial charge in [0, 0.05) is 29.8 Å². The second-order valence-corrected chi connectivity index (χ2v) is 13.8. The molecule has 2 aromatic heterocycles. The molecule has 46 heavy (non-hydrogen) atoms. The van der Waals surface area contributed by atoms with Gasteiger partial charge in [-0.2, -0.15) is 5.21 Å². The van der Waals surface area contributed by atoms with Gasteiger partial charge in [-0.25, -0.2) is 4.68 Å². The van der Waals surface area contributed by atoms with Gasteiger partial charge in [0.25, 0.3) is 5.56 Å². The first-order chi connectivity index (χ1) is 22.3. The predicted molar refractivity (Wildman–Crippen MR) is 179 cm³/mol. The number of nitrogens with one attached hydrogen (secondary N) is 1. The zero-order chi connectivity index (χ0) is 32.2. The van der Waals surface area contributed by atoms with E-state index in [1.165, 1.54) is 6.42 Å². The van der Waals surface area contributed by atoms with Crippen molar-refractivity contribution in [1.82, 2.24) is 30.0 Å². The van der Waals surface area contributed by atoms with Crippen LogP contribution in [0.3, 0.4) is 0 Å². The van der Waals surface area contributed by atoms with Crippen molar-refractivity contribution in [3.63, 3.8) is 0 Å². The van der Waals surface area contributed by atoms with Crippen molar-refractivity contribution < 1.29 is 9.53 Å². The maximum absolute atomic E-state index is 14.2. The third kappa shape index (κ3) is 6.74. The number of nitrogens with zero attached hydrogens (tertiary/aromatic N) is 5. The fraction of sp³-hybridized carbons (Fsp3) is 0.541. The lowest BCUT2D eigenvalue weighted by Crippen LogP contribution is -2.38. The molecule has 9 nitrogen and oxygen atoms in total. The number of esters is 1. The smallest absolute Gasteiger partial charge is 0.308 e. The van der Waals surface area contributed by atoms with E-state index >= 15 is 0 Å². The van der Waals surface area contributed by atoms with Crippen LogP contribution in [0.5, 0.6) is 0 Å². The molecular formula is C37H48N6O3. The first-order valence-electron chi connectivity index (χ1n) is 17.3. The van der Waals surface area contributed by atoms with E-state index in [-0.39, 0.29) is 30.1 Å². The van der Waals surface area contributed by atoms with Crippen molar-refractivity contribution in [1.29, 1.82) is 0 Å². The van der Waals surface area contributed by atoms with Crippen LogP contribution in [0, 0.1) is 17.8 Å². The van der Waals surface area contributed by atoms with Gasteiger partial charge in [0.15, 0.2) is 0 Å². The van der Waals surface area contributed by atoms with Crippen molar-refractivity contribution in [2.45, 2.75) is 111 Å². The number of hydrogen-bond donors (Lipinski definition) is 1. The molecule has 0 bridgehead atoms. The number of carbonyl (C=O) groups excluding carboxylic acids is 1. The monoisotopic (exact) mass is 624 g/mol. The molecule has 1 fully saturated rings. The zero-order valence-electron chi connectivity index (χ0n) is 27.7. The molecule has 4 aromatic rings. The Kier molecular flexibility index (Phi) is 9.85. The van der Waals surface area contributed by atoms with Gasteiger partial charge in [-0.15, -0.1) is 10.2 Å². The number of tetrazole rings is 1. The molecule has 0 radical (unpaired) electrons. The fourth-order valence-electron chi connectivity index (χ4n) is 7.72. The van der Waals surface area contributed by atoms with Crippen LogP contribution in [-0.2, 0) is 28.9 Å². The number of aromatic amines is 1. The molecule has 1 aliphatic heterocycles. The zero-order valence-corrected chi connectivity index (χ0v) is 27.7. The average molecular weight is 625 g/mol. The third-order valence-electron chi connectivity index (χ3n) is 10.2. The Balaban J connectivity index is 1.24. The number of carbonyl (C=O) groups is 1. The lowest BCUT2D eigenvalue weighted by atomic mass is 9.75. The van der Waals surface area contributed by atoms with E-state index in [1.807, 2.05) is 22.9 Å². The largest absolute Gasteiger partial charge is 0.462 e. The van der Waals surface area contributed by atoms with Gasteiger partial charge in [-0.1, -0.05) is 89.1 Å². The third-order valence-corrected chi connectivity index (χ3v) is 10.2. The molecule has 0 amide bonds. The van der Waals surface area contributed by atoms with Crippen molar-refractivity contribution in [3.8, 4) is 22.5 Å². The number of rotatable bonds is 11. The summed E-state index contributed by atoms with van der Waals surface area (Å²) in [5.74, 6) is 1.85. The summed E-state index contributed by atoms with van der Waals surface area (Å²) < 4.78 is 10.3. The fourth-order valence-corrected chi connectivity index (χ4v) is 7.72. The molecule has 2 aliphatic rings. The minimum Gasteiger partial charge on any atom is -0.462 e. The number of benzene rings is 2. The van der Waals surface area contributed by atoms with E-state index in [1.54, 1.807) is 0 Å². The van der Waals surface area contributed by atoms with Gasteiger partial charge in [-0.05, 0) is 78.2 Å².